The van der Waals surface area contributed by atoms with Crippen molar-refractivity contribution in [2.45, 2.75) is 45.2 Å². The van der Waals surface area contributed by atoms with Gasteiger partial charge in [0, 0.05) is 0 Å². The van der Waals surface area contributed by atoms with Crippen molar-refractivity contribution in [3.8, 4) is 0 Å². The Morgan fingerprint density at radius 2 is 2.07 bits per heavy atom. The van der Waals surface area contributed by atoms with Gasteiger partial charge in [0.05, 0.1) is 11.2 Å². The highest BCUT2D eigenvalue weighted by atomic mass is 32.1. The van der Waals surface area contributed by atoms with Crippen molar-refractivity contribution >= 4 is 18.8 Å². The molecule has 0 aliphatic rings. The van der Waals surface area contributed by atoms with Crippen LogP contribution in [-0.4, -0.2) is 23.8 Å². The molecule has 0 aromatic carbocycles. The van der Waals surface area contributed by atoms with E-state index in [1.54, 1.807) is 32.7 Å². The molecule has 0 atom stereocenters. The summed E-state index contributed by atoms with van der Waals surface area (Å²) in [6, 6.07) is 2.07. The van der Waals surface area contributed by atoms with Crippen molar-refractivity contribution in [1.82, 2.24) is 0 Å². The van der Waals surface area contributed by atoms with Crippen molar-refractivity contribution in [3.63, 3.8) is 0 Å². The second-order valence-corrected chi connectivity index (χ2v) is 5.47. The third kappa shape index (κ3) is 3.63. The van der Waals surface area contributed by atoms with Crippen LogP contribution < -0.4 is 0 Å². The van der Waals surface area contributed by atoms with Crippen LogP contribution in [-0.2, 0) is 11.0 Å². The van der Waals surface area contributed by atoms with Crippen LogP contribution in [0.1, 0.15) is 33.3 Å². The first-order chi connectivity index (χ1) is 6.83. The maximum Gasteiger partial charge on any atom is 0.297 e. The molecular weight excluding hydrogens is 207 g/mol. The van der Waals surface area contributed by atoms with Crippen molar-refractivity contribution in [2.75, 3.05) is 0 Å². The Balaban J connectivity index is 2.37. The molecular formula is C11H18BO2S. The molecule has 4 heteroatoms. The Kier molecular flexibility index (Phi) is 3.98. The Bertz CT molecular complexity index is 288. The molecule has 1 aromatic heterocycles. The van der Waals surface area contributed by atoms with E-state index >= 15 is 0 Å². The van der Waals surface area contributed by atoms with E-state index in [-0.39, 0.29) is 0 Å². The molecule has 1 N–H and O–H groups in total. The van der Waals surface area contributed by atoms with Gasteiger partial charge < -0.3 is 9.76 Å². The molecule has 1 rings (SSSR count). The Morgan fingerprint density at radius 3 is 2.53 bits per heavy atom. The number of hydrogen-bond acceptors (Lipinski definition) is 3. The third-order valence-electron chi connectivity index (χ3n) is 2.75. The van der Waals surface area contributed by atoms with Gasteiger partial charge in [-0.2, -0.15) is 11.3 Å². The molecule has 2 nitrogen and oxygen atoms in total. The zero-order chi connectivity index (χ0) is 11.5. The lowest BCUT2D eigenvalue weighted by Gasteiger charge is -2.37. The molecule has 0 aliphatic heterocycles. The standard InChI is InChI=1S/C11H18BO2S/c1-10(2,13)11(3,4)14-12-7-9-5-6-15-8-9/h5-6,8,13H,7H2,1-4H3. The lowest BCUT2D eigenvalue weighted by Crippen LogP contribution is -2.48. The predicted octanol–water partition coefficient (Wildman–Crippen LogP) is 2.43. The summed E-state index contributed by atoms with van der Waals surface area (Å²) in [6.07, 6.45) is 0.781. The Hall–Kier alpha value is -0.315. The van der Waals surface area contributed by atoms with E-state index in [1.807, 2.05) is 19.2 Å². The van der Waals surface area contributed by atoms with E-state index in [9.17, 15) is 5.11 Å². The summed E-state index contributed by atoms with van der Waals surface area (Å²) in [6.45, 7) is 7.28. The Labute approximate surface area is 96.6 Å². The average Bonchev–Trinajstić information content (AvgIpc) is 2.54. The van der Waals surface area contributed by atoms with Gasteiger partial charge in [0.15, 0.2) is 0 Å². The second kappa shape index (κ2) is 4.68. The monoisotopic (exact) mass is 225 g/mol. The van der Waals surface area contributed by atoms with Gasteiger partial charge in [0.25, 0.3) is 7.48 Å². The summed E-state index contributed by atoms with van der Waals surface area (Å²) in [4.78, 5) is 0. The molecule has 83 valence electrons. The highest BCUT2D eigenvalue weighted by Crippen LogP contribution is 2.24. The molecule has 0 fully saturated rings. The fraction of sp³-hybridized carbons (Fsp3) is 0.636. The largest absolute Gasteiger partial charge is 0.433 e. The maximum atomic E-state index is 9.86. The lowest BCUT2D eigenvalue weighted by atomic mass is 9.84. The molecule has 0 spiro atoms. The molecule has 0 bridgehead atoms. The van der Waals surface area contributed by atoms with E-state index in [0.717, 1.165) is 6.32 Å². The lowest BCUT2D eigenvalue weighted by molar-refractivity contribution is -0.0904. The summed E-state index contributed by atoms with van der Waals surface area (Å²) in [5, 5.41) is 14.0. The smallest absolute Gasteiger partial charge is 0.297 e. The first kappa shape index (κ1) is 12.8. The van der Waals surface area contributed by atoms with E-state index in [0.29, 0.717) is 0 Å². The quantitative estimate of drug-likeness (QED) is 0.780. The fourth-order valence-electron chi connectivity index (χ4n) is 0.899. The number of thiophene rings is 1. The number of rotatable bonds is 5. The maximum absolute atomic E-state index is 9.86. The molecule has 0 saturated heterocycles. The topological polar surface area (TPSA) is 29.5 Å². The van der Waals surface area contributed by atoms with Gasteiger partial charge >= 0.3 is 0 Å². The molecule has 1 radical (unpaired) electrons. The first-order valence-electron chi connectivity index (χ1n) is 5.06. The predicted molar refractivity (Wildman–Crippen MR) is 65.2 cm³/mol. The van der Waals surface area contributed by atoms with Gasteiger partial charge in [-0.25, -0.2) is 0 Å². The SMILES string of the molecule is CC(C)(O)C(C)(C)O[B]Cc1ccsc1. The van der Waals surface area contributed by atoms with Crippen molar-refractivity contribution in [3.05, 3.63) is 22.4 Å². The normalized spacial score (nSPS) is 12.9. The van der Waals surface area contributed by atoms with Gasteiger partial charge in [-0.15, -0.1) is 0 Å². The molecule has 1 aromatic rings. The van der Waals surface area contributed by atoms with E-state index < -0.39 is 11.2 Å². The van der Waals surface area contributed by atoms with Gasteiger partial charge in [-0.05, 0) is 56.4 Å². The van der Waals surface area contributed by atoms with Crippen LogP contribution in [0.25, 0.3) is 0 Å². The summed E-state index contributed by atoms with van der Waals surface area (Å²) in [7, 11) is 1.76. The minimum atomic E-state index is -0.849. The minimum absolute atomic E-state index is 0.566. The van der Waals surface area contributed by atoms with Crippen LogP contribution in [0.5, 0.6) is 0 Å². The summed E-state index contributed by atoms with van der Waals surface area (Å²) < 4.78 is 5.60. The molecule has 0 unspecified atom stereocenters. The van der Waals surface area contributed by atoms with Crippen molar-refractivity contribution < 1.29 is 9.76 Å². The van der Waals surface area contributed by atoms with Crippen molar-refractivity contribution in [2.24, 2.45) is 0 Å². The summed E-state index contributed by atoms with van der Waals surface area (Å²) >= 11 is 1.68. The molecule has 0 saturated carbocycles. The molecule has 0 aliphatic carbocycles. The van der Waals surface area contributed by atoms with Crippen molar-refractivity contribution in [1.29, 1.82) is 0 Å². The molecule has 15 heavy (non-hydrogen) atoms. The van der Waals surface area contributed by atoms with Gasteiger partial charge in [-0.1, -0.05) is 0 Å². The van der Waals surface area contributed by atoms with Crippen LogP contribution in [0.2, 0.25) is 0 Å². The summed E-state index contributed by atoms with van der Waals surface area (Å²) in [5.74, 6) is 0. The minimum Gasteiger partial charge on any atom is -0.433 e. The van der Waals surface area contributed by atoms with Crippen LogP contribution >= 0.6 is 11.3 Å². The fourth-order valence-corrected chi connectivity index (χ4v) is 1.58. The summed E-state index contributed by atoms with van der Waals surface area (Å²) in [5.41, 5.74) is -0.173. The zero-order valence-electron chi connectivity index (χ0n) is 9.78. The van der Waals surface area contributed by atoms with Crippen LogP contribution in [0, 0.1) is 0 Å². The van der Waals surface area contributed by atoms with Gasteiger partial charge in [0.2, 0.25) is 0 Å². The van der Waals surface area contributed by atoms with E-state index in [1.165, 1.54) is 5.56 Å². The van der Waals surface area contributed by atoms with Crippen LogP contribution in [0.3, 0.4) is 0 Å². The first-order valence-corrected chi connectivity index (χ1v) is 6.00. The molecule has 0 amide bonds. The highest BCUT2D eigenvalue weighted by Gasteiger charge is 2.35. The zero-order valence-corrected chi connectivity index (χ0v) is 10.6. The van der Waals surface area contributed by atoms with E-state index in [2.05, 4.69) is 11.4 Å². The number of hydrogen-bond donors (Lipinski definition) is 1. The number of aliphatic hydroxyl groups is 1. The second-order valence-electron chi connectivity index (χ2n) is 4.69. The highest BCUT2D eigenvalue weighted by molar-refractivity contribution is 7.08. The Morgan fingerprint density at radius 1 is 1.40 bits per heavy atom. The van der Waals surface area contributed by atoms with Crippen LogP contribution in [0.15, 0.2) is 16.8 Å². The van der Waals surface area contributed by atoms with E-state index in [4.69, 9.17) is 4.65 Å². The third-order valence-corrected chi connectivity index (χ3v) is 3.48. The molecule has 1 heterocycles. The van der Waals surface area contributed by atoms with Gasteiger partial charge in [0.1, 0.15) is 0 Å². The van der Waals surface area contributed by atoms with Gasteiger partial charge in [-0.3, -0.25) is 0 Å². The average molecular weight is 225 g/mol. The van der Waals surface area contributed by atoms with Crippen LogP contribution in [0.4, 0.5) is 0 Å².